The lowest BCUT2D eigenvalue weighted by Crippen LogP contribution is -2.06. The molecule has 4 N–H and O–H groups in total. The Balaban J connectivity index is 3.67. The lowest BCUT2D eigenvalue weighted by Gasteiger charge is -1.81. The van der Waals surface area contributed by atoms with Crippen molar-refractivity contribution < 1.29 is 4.79 Å². The van der Waals surface area contributed by atoms with Gasteiger partial charge in [0.05, 0.1) is 0 Å². The minimum Gasteiger partial charge on any atom is -0.399 e. The molecule has 0 aromatic carbocycles. The fourth-order valence-corrected chi connectivity index (χ4v) is 0.189. The van der Waals surface area contributed by atoms with Crippen LogP contribution in [0, 0.1) is 0 Å². The van der Waals surface area contributed by atoms with Gasteiger partial charge < -0.3 is 11.5 Å². The van der Waals surface area contributed by atoms with Gasteiger partial charge in [-0.3, -0.25) is 4.79 Å². The van der Waals surface area contributed by atoms with Crippen LogP contribution < -0.4 is 11.5 Å². The van der Waals surface area contributed by atoms with E-state index in [1.54, 1.807) is 0 Å². The van der Waals surface area contributed by atoms with Crippen LogP contribution in [0.2, 0.25) is 0 Å². The summed E-state index contributed by atoms with van der Waals surface area (Å²) in [5.74, 6) is -0.517. The normalized spacial score (nSPS) is 9.50. The first-order chi connectivity index (χ1) is 3.63. The molecule has 0 aromatic heterocycles. The molecule has 0 saturated heterocycles. The summed E-state index contributed by atoms with van der Waals surface area (Å²) in [4.78, 5) is 9.94. The molecule has 44 valence electrons. The Bertz CT molecular complexity index is 121. The average molecular weight is 112 g/mol. The third-order valence-corrected chi connectivity index (χ3v) is 0.462. The van der Waals surface area contributed by atoms with Crippen molar-refractivity contribution in [2.75, 3.05) is 0 Å². The van der Waals surface area contributed by atoms with E-state index >= 15 is 0 Å². The second kappa shape index (κ2) is 2.85. The second-order valence-electron chi connectivity index (χ2n) is 1.31. The van der Waals surface area contributed by atoms with E-state index < -0.39 is 5.91 Å². The van der Waals surface area contributed by atoms with E-state index in [-0.39, 0.29) is 0 Å². The van der Waals surface area contributed by atoms with Crippen LogP contribution in [0.1, 0.15) is 0 Å². The van der Waals surface area contributed by atoms with Gasteiger partial charge in [0.1, 0.15) is 0 Å². The summed E-state index contributed by atoms with van der Waals surface area (Å²) in [6.45, 7) is 3.31. The van der Waals surface area contributed by atoms with Gasteiger partial charge in [-0.2, -0.15) is 0 Å². The lowest BCUT2D eigenvalue weighted by atomic mass is 10.4. The Morgan fingerprint density at radius 1 is 1.38 bits per heavy atom. The summed E-state index contributed by atoms with van der Waals surface area (Å²) in [6.07, 6.45) is 2.50. The van der Waals surface area contributed by atoms with Crippen molar-refractivity contribution >= 4 is 5.91 Å². The van der Waals surface area contributed by atoms with Gasteiger partial charge in [-0.15, -0.1) is 0 Å². The predicted octanol–water partition coefficient (Wildman–Crippen LogP) is -0.500. The molecular weight excluding hydrogens is 104 g/mol. The van der Waals surface area contributed by atoms with Crippen LogP contribution in [-0.4, -0.2) is 5.91 Å². The summed E-state index contributed by atoms with van der Waals surface area (Å²) < 4.78 is 0. The van der Waals surface area contributed by atoms with Gasteiger partial charge in [-0.05, 0) is 6.08 Å². The number of hydrogen-bond acceptors (Lipinski definition) is 2. The van der Waals surface area contributed by atoms with Gasteiger partial charge >= 0.3 is 0 Å². The Labute approximate surface area is 47.7 Å². The zero-order valence-electron chi connectivity index (χ0n) is 4.42. The van der Waals surface area contributed by atoms with Crippen LogP contribution in [-0.2, 0) is 4.79 Å². The van der Waals surface area contributed by atoms with E-state index in [0.29, 0.717) is 5.70 Å². The zero-order chi connectivity index (χ0) is 6.57. The highest BCUT2D eigenvalue weighted by molar-refractivity contribution is 5.86. The first kappa shape index (κ1) is 6.75. The molecule has 0 spiro atoms. The standard InChI is InChI=1S/C5H8N2O/c1-4(6)2-3-5(7)8/h2-3H,1,6H2,(H2,7,8)/b3-2+. The van der Waals surface area contributed by atoms with Gasteiger partial charge in [0.25, 0.3) is 0 Å². The molecule has 0 saturated carbocycles. The van der Waals surface area contributed by atoms with E-state index in [4.69, 9.17) is 11.5 Å². The Kier molecular flexibility index (Phi) is 2.40. The molecule has 0 fully saturated rings. The van der Waals surface area contributed by atoms with E-state index in [2.05, 4.69) is 6.58 Å². The highest BCUT2D eigenvalue weighted by Gasteiger charge is 1.79. The quantitative estimate of drug-likeness (QED) is 0.373. The van der Waals surface area contributed by atoms with Gasteiger partial charge in [-0.25, -0.2) is 0 Å². The van der Waals surface area contributed by atoms with Crippen molar-refractivity contribution in [1.29, 1.82) is 0 Å². The van der Waals surface area contributed by atoms with Gasteiger partial charge in [0.2, 0.25) is 5.91 Å². The Morgan fingerprint density at radius 3 is 2.00 bits per heavy atom. The van der Waals surface area contributed by atoms with E-state index in [0.717, 1.165) is 6.08 Å². The number of hydrogen-bond donors (Lipinski definition) is 2. The molecule has 0 unspecified atom stereocenters. The van der Waals surface area contributed by atoms with Crippen molar-refractivity contribution in [3.63, 3.8) is 0 Å². The van der Waals surface area contributed by atoms with Crippen molar-refractivity contribution in [1.82, 2.24) is 0 Å². The largest absolute Gasteiger partial charge is 0.399 e. The number of nitrogens with two attached hydrogens (primary N) is 2. The Hall–Kier alpha value is -1.25. The summed E-state index contributed by atoms with van der Waals surface area (Å²) in [5, 5.41) is 0. The van der Waals surface area contributed by atoms with E-state index in [9.17, 15) is 4.79 Å². The van der Waals surface area contributed by atoms with Gasteiger partial charge in [-0.1, -0.05) is 6.58 Å². The monoisotopic (exact) mass is 112 g/mol. The zero-order valence-corrected chi connectivity index (χ0v) is 4.42. The van der Waals surface area contributed by atoms with Crippen molar-refractivity contribution in [3.8, 4) is 0 Å². The van der Waals surface area contributed by atoms with Crippen LogP contribution in [0.15, 0.2) is 24.4 Å². The molecule has 0 aliphatic rings. The molecule has 0 heterocycles. The lowest BCUT2D eigenvalue weighted by molar-refractivity contribution is -0.113. The second-order valence-corrected chi connectivity index (χ2v) is 1.31. The number of carbonyl (C=O) groups excluding carboxylic acids is 1. The van der Waals surface area contributed by atoms with Crippen LogP contribution in [0.3, 0.4) is 0 Å². The van der Waals surface area contributed by atoms with Gasteiger partial charge in [0.15, 0.2) is 0 Å². The summed E-state index contributed by atoms with van der Waals surface area (Å²) in [5.41, 5.74) is 10.1. The fourth-order valence-electron chi connectivity index (χ4n) is 0.189. The predicted molar refractivity (Wildman–Crippen MR) is 31.7 cm³/mol. The minimum atomic E-state index is -0.517. The highest BCUT2D eigenvalue weighted by atomic mass is 16.1. The number of allylic oxidation sites excluding steroid dienone is 1. The topological polar surface area (TPSA) is 69.1 Å². The van der Waals surface area contributed by atoms with Crippen LogP contribution in [0.25, 0.3) is 0 Å². The first-order valence-electron chi connectivity index (χ1n) is 2.05. The van der Waals surface area contributed by atoms with Gasteiger partial charge in [0, 0.05) is 11.8 Å². The molecule has 0 atom stereocenters. The maximum atomic E-state index is 9.94. The maximum Gasteiger partial charge on any atom is 0.241 e. The van der Waals surface area contributed by atoms with Crippen LogP contribution in [0.4, 0.5) is 0 Å². The highest BCUT2D eigenvalue weighted by Crippen LogP contribution is 1.77. The molecule has 3 heteroatoms. The number of carbonyl (C=O) groups is 1. The molecule has 0 aliphatic carbocycles. The summed E-state index contributed by atoms with van der Waals surface area (Å²) >= 11 is 0. The van der Waals surface area contributed by atoms with Crippen LogP contribution >= 0.6 is 0 Å². The third kappa shape index (κ3) is 4.75. The number of primary amides is 1. The number of rotatable bonds is 2. The molecule has 0 radical (unpaired) electrons. The average Bonchev–Trinajstić information content (AvgIpc) is 1.61. The first-order valence-corrected chi connectivity index (χ1v) is 2.05. The molecule has 0 rings (SSSR count). The molecular formula is C5H8N2O. The number of amides is 1. The molecule has 8 heavy (non-hydrogen) atoms. The SMILES string of the molecule is C=C(N)/C=C/C(N)=O. The van der Waals surface area contributed by atoms with Crippen molar-refractivity contribution in [2.24, 2.45) is 11.5 Å². The minimum absolute atomic E-state index is 0.323. The van der Waals surface area contributed by atoms with E-state index in [1.165, 1.54) is 6.08 Å². The van der Waals surface area contributed by atoms with Crippen molar-refractivity contribution in [3.05, 3.63) is 24.4 Å². The molecule has 3 nitrogen and oxygen atoms in total. The Morgan fingerprint density at radius 2 is 1.88 bits per heavy atom. The molecule has 1 amide bonds. The molecule has 0 aromatic rings. The third-order valence-electron chi connectivity index (χ3n) is 0.462. The molecule has 0 aliphatic heterocycles. The van der Waals surface area contributed by atoms with Crippen LogP contribution in [0.5, 0.6) is 0 Å². The van der Waals surface area contributed by atoms with Crippen molar-refractivity contribution in [2.45, 2.75) is 0 Å². The maximum absolute atomic E-state index is 9.94. The fraction of sp³-hybridized carbons (Fsp3) is 0. The molecule has 0 bridgehead atoms. The smallest absolute Gasteiger partial charge is 0.241 e. The summed E-state index contributed by atoms with van der Waals surface area (Å²) in [6, 6.07) is 0. The summed E-state index contributed by atoms with van der Waals surface area (Å²) in [7, 11) is 0. The van der Waals surface area contributed by atoms with E-state index in [1.807, 2.05) is 0 Å².